The lowest BCUT2D eigenvalue weighted by atomic mass is 10.1. The van der Waals surface area contributed by atoms with Crippen LogP contribution in [0.4, 0.5) is 5.69 Å². The maximum Gasteiger partial charge on any atom is 0.185 e. The van der Waals surface area contributed by atoms with E-state index in [0.717, 1.165) is 18.8 Å². The number of thiocarbonyl (C=S) groups is 1. The zero-order chi connectivity index (χ0) is 13.7. The Hall–Kier alpha value is -1.13. The molecule has 0 aliphatic carbocycles. The summed E-state index contributed by atoms with van der Waals surface area (Å²) in [6.45, 7) is 6.36. The molecule has 0 radical (unpaired) electrons. The fraction of sp³-hybridized carbons (Fsp3) is 0.533. The third-order valence-electron chi connectivity index (χ3n) is 3.50. The second-order valence-electron chi connectivity index (χ2n) is 5.29. The van der Waals surface area contributed by atoms with Crippen LogP contribution in [0.1, 0.15) is 36.8 Å². The molecule has 0 bridgehead atoms. The topological polar surface area (TPSA) is 27.3 Å². The molecular weight excluding hydrogens is 254 g/mol. The highest BCUT2D eigenvalue weighted by atomic mass is 32.1. The Labute approximate surface area is 121 Å². The lowest BCUT2D eigenvalue weighted by Gasteiger charge is -2.23. The van der Waals surface area contributed by atoms with Crippen molar-refractivity contribution in [1.29, 1.82) is 0 Å². The van der Waals surface area contributed by atoms with Crippen molar-refractivity contribution in [2.45, 2.75) is 39.5 Å². The van der Waals surface area contributed by atoms with E-state index >= 15 is 0 Å². The van der Waals surface area contributed by atoms with E-state index in [2.05, 4.69) is 47.8 Å². The van der Waals surface area contributed by atoms with Crippen LogP contribution in [0.5, 0.6) is 0 Å². The molecule has 1 fully saturated rings. The normalized spacial score (nSPS) is 16.7. The molecule has 0 spiro atoms. The van der Waals surface area contributed by atoms with Crippen LogP contribution in [-0.2, 0) is 0 Å². The van der Waals surface area contributed by atoms with Gasteiger partial charge in [-0.3, -0.25) is 5.43 Å². The standard InChI is InChI=1S/C15H23N3S/c1-12-7-8-14(13(2)11-12)16-15(19)17-18-9-5-3-4-6-10-18/h7-8,11H,3-6,9-10H2,1-2H3,(H2,16,17,19). The molecule has 19 heavy (non-hydrogen) atoms. The van der Waals surface area contributed by atoms with Gasteiger partial charge in [0.15, 0.2) is 5.11 Å². The SMILES string of the molecule is Cc1ccc(NC(=S)NN2CCCCCC2)c(C)c1. The first-order valence-corrected chi connectivity index (χ1v) is 7.46. The summed E-state index contributed by atoms with van der Waals surface area (Å²) in [6.07, 6.45) is 5.16. The summed E-state index contributed by atoms with van der Waals surface area (Å²) >= 11 is 5.39. The number of benzene rings is 1. The first kappa shape index (κ1) is 14.3. The Morgan fingerprint density at radius 1 is 1.11 bits per heavy atom. The Morgan fingerprint density at radius 2 is 1.79 bits per heavy atom. The van der Waals surface area contributed by atoms with Crippen LogP contribution in [0, 0.1) is 13.8 Å². The molecule has 3 nitrogen and oxygen atoms in total. The molecule has 0 aromatic heterocycles. The minimum absolute atomic E-state index is 0.689. The summed E-state index contributed by atoms with van der Waals surface area (Å²) in [5.41, 5.74) is 6.88. The number of hydrogen-bond donors (Lipinski definition) is 2. The third kappa shape index (κ3) is 4.48. The van der Waals surface area contributed by atoms with Crippen molar-refractivity contribution >= 4 is 23.0 Å². The van der Waals surface area contributed by atoms with Crippen LogP contribution in [-0.4, -0.2) is 23.2 Å². The molecule has 2 rings (SSSR count). The molecule has 1 aliphatic heterocycles. The monoisotopic (exact) mass is 277 g/mol. The smallest absolute Gasteiger partial charge is 0.185 e. The molecule has 2 N–H and O–H groups in total. The van der Waals surface area contributed by atoms with E-state index in [4.69, 9.17) is 12.2 Å². The maximum absolute atomic E-state index is 5.39. The highest BCUT2D eigenvalue weighted by molar-refractivity contribution is 7.80. The number of anilines is 1. The number of rotatable bonds is 2. The van der Waals surface area contributed by atoms with Crippen LogP contribution in [0.15, 0.2) is 18.2 Å². The summed E-state index contributed by atoms with van der Waals surface area (Å²) in [5.74, 6) is 0. The Morgan fingerprint density at radius 3 is 2.42 bits per heavy atom. The van der Waals surface area contributed by atoms with Crippen molar-refractivity contribution < 1.29 is 0 Å². The van der Waals surface area contributed by atoms with Crippen molar-refractivity contribution in [3.05, 3.63) is 29.3 Å². The van der Waals surface area contributed by atoms with E-state index in [1.807, 2.05) is 0 Å². The predicted molar refractivity (Wildman–Crippen MR) is 85.3 cm³/mol. The van der Waals surface area contributed by atoms with E-state index in [1.165, 1.54) is 36.8 Å². The second kappa shape index (κ2) is 6.87. The first-order valence-electron chi connectivity index (χ1n) is 7.05. The number of hydrazine groups is 1. The number of aryl methyl sites for hydroxylation is 2. The van der Waals surface area contributed by atoms with Crippen molar-refractivity contribution in [3.63, 3.8) is 0 Å². The van der Waals surface area contributed by atoms with Crippen molar-refractivity contribution in [2.24, 2.45) is 0 Å². The Kier molecular flexibility index (Phi) is 5.16. The van der Waals surface area contributed by atoms with Crippen LogP contribution < -0.4 is 10.7 Å². The molecule has 0 atom stereocenters. The third-order valence-corrected chi connectivity index (χ3v) is 3.69. The minimum Gasteiger partial charge on any atom is -0.331 e. The van der Waals surface area contributed by atoms with Crippen molar-refractivity contribution in [2.75, 3.05) is 18.4 Å². The highest BCUT2D eigenvalue weighted by Gasteiger charge is 2.10. The molecule has 4 heteroatoms. The summed E-state index contributed by atoms with van der Waals surface area (Å²) < 4.78 is 0. The largest absolute Gasteiger partial charge is 0.331 e. The molecule has 1 aromatic carbocycles. The molecule has 1 heterocycles. The molecule has 0 unspecified atom stereocenters. The zero-order valence-corrected chi connectivity index (χ0v) is 12.6. The van der Waals surface area contributed by atoms with E-state index in [1.54, 1.807) is 0 Å². The highest BCUT2D eigenvalue weighted by Crippen LogP contribution is 2.16. The van der Waals surface area contributed by atoms with Gasteiger partial charge in [-0.2, -0.15) is 0 Å². The van der Waals surface area contributed by atoms with Crippen LogP contribution >= 0.6 is 12.2 Å². The fourth-order valence-electron chi connectivity index (χ4n) is 2.43. The average Bonchev–Trinajstić information content (AvgIpc) is 2.61. The van der Waals surface area contributed by atoms with E-state index in [-0.39, 0.29) is 0 Å². The summed E-state index contributed by atoms with van der Waals surface area (Å²) in [4.78, 5) is 0. The second-order valence-corrected chi connectivity index (χ2v) is 5.69. The van der Waals surface area contributed by atoms with Gasteiger partial charge >= 0.3 is 0 Å². The Bertz CT molecular complexity index is 437. The van der Waals surface area contributed by atoms with E-state index in [0.29, 0.717) is 5.11 Å². The van der Waals surface area contributed by atoms with Crippen molar-refractivity contribution in [3.8, 4) is 0 Å². The minimum atomic E-state index is 0.689. The summed E-state index contributed by atoms with van der Waals surface area (Å²) in [7, 11) is 0. The van der Waals surface area contributed by atoms with E-state index in [9.17, 15) is 0 Å². The van der Waals surface area contributed by atoms with Gasteiger partial charge in [-0.05, 0) is 50.5 Å². The Balaban J connectivity index is 1.89. The van der Waals surface area contributed by atoms with Gasteiger partial charge in [0.2, 0.25) is 0 Å². The van der Waals surface area contributed by atoms with Gasteiger partial charge in [0.25, 0.3) is 0 Å². The molecule has 1 aliphatic rings. The van der Waals surface area contributed by atoms with Gasteiger partial charge in [0.05, 0.1) is 0 Å². The molecule has 0 saturated carbocycles. The maximum atomic E-state index is 5.39. The molecule has 104 valence electrons. The van der Waals surface area contributed by atoms with Gasteiger partial charge in [0.1, 0.15) is 0 Å². The number of hydrogen-bond acceptors (Lipinski definition) is 2. The van der Waals surface area contributed by atoms with Gasteiger partial charge < -0.3 is 5.32 Å². The van der Waals surface area contributed by atoms with Crippen molar-refractivity contribution in [1.82, 2.24) is 10.4 Å². The summed E-state index contributed by atoms with van der Waals surface area (Å²) in [5, 5.41) is 6.20. The average molecular weight is 277 g/mol. The first-order chi connectivity index (χ1) is 9.15. The van der Waals surface area contributed by atoms with Gasteiger partial charge in [-0.25, -0.2) is 5.01 Å². The lowest BCUT2D eigenvalue weighted by molar-refractivity contribution is 0.247. The lowest BCUT2D eigenvalue weighted by Crippen LogP contribution is -2.44. The summed E-state index contributed by atoms with van der Waals surface area (Å²) in [6, 6.07) is 6.35. The zero-order valence-electron chi connectivity index (χ0n) is 11.8. The predicted octanol–water partition coefficient (Wildman–Crippen LogP) is 3.38. The number of nitrogens with zero attached hydrogens (tertiary/aromatic N) is 1. The molecular formula is C15H23N3S. The fourth-order valence-corrected chi connectivity index (χ4v) is 2.67. The van der Waals surface area contributed by atoms with Gasteiger partial charge in [-0.15, -0.1) is 0 Å². The van der Waals surface area contributed by atoms with Gasteiger partial charge in [-0.1, -0.05) is 30.5 Å². The van der Waals surface area contributed by atoms with Gasteiger partial charge in [0, 0.05) is 18.8 Å². The van der Waals surface area contributed by atoms with E-state index < -0.39 is 0 Å². The molecule has 1 aromatic rings. The molecule has 1 saturated heterocycles. The van der Waals surface area contributed by atoms with Crippen LogP contribution in [0.2, 0.25) is 0 Å². The quantitative estimate of drug-likeness (QED) is 0.810. The van der Waals surface area contributed by atoms with Crippen LogP contribution in [0.25, 0.3) is 0 Å². The van der Waals surface area contributed by atoms with Crippen LogP contribution in [0.3, 0.4) is 0 Å². The molecule has 0 amide bonds. The number of nitrogens with one attached hydrogen (secondary N) is 2.